The Labute approximate surface area is 348 Å². The number of unbranched alkanes of at least 4 members (excludes halogenated alkanes) is 22. The first-order valence-electron chi connectivity index (χ1n) is 22.5. The van der Waals surface area contributed by atoms with Crippen LogP contribution in [0.2, 0.25) is 0 Å². The van der Waals surface area contributed by atoms with Gasteiger partial charge in [-0.05, 0) is 70.8 Å². The van der Waals surface area contributed by atoms with Crippen molar-refractivity contribution in [1.82, 2.24) is 0 Å². The minimum absolute atomic E-state index is 0.0378. The Morgan fingerprint density at radius 2 is 0.982 bits per heavy atom. The average molecular weight is 838 g/mol. The summed E-state index contributed by atoms with van der Waals surface area (Å²) in [6.07, 6.45) is 37.2. The van der Waals surface area contributed by atoms with Crippen molar-refractivity contribution >= 4 is 29.1 Å². The number of carbonyl (C=O) groups excluding carboxylic acids is 2. The summed E-state index contributed by atoms with van der Waals surface area (Å²) < 4.78 is 55.3. The number of carboxylic acid groups (broad SMARTS) is 1. The quantitative estimate of drug-likeness (QED) is 0.0270. The van der Waals surface area contributed by atoms with Crippen LogP contribution in [0, 0.1) is 0 Å². The van der Waals surface area contributed by atoms with Gasteiger partial charge in [0.1, 0.15) is 24.2 Å². The molecule has 2 atom stereocenters. The van der Waals surface area contributed by atoms with Crippen LogP contribution >= 0.6 is 0 Å². The predicted molar refractivity (Wildman–Crippen MR) is 230 cm³/mol. The van der Waals surface area contributed by atoms with E-state index >= 15 is 0 Å². The van der Waals surface area contributed by atoms with Crippen LogP contribution < -0.4 is 5.73 Å². The highest BCUT2D eigenvalue weighted by Gasteiger charge is 2.38. The van der Waals surface area contributed by atoms with Crippen molar-refractivity contribution in [2.24, 2.45) is 5.73 Å². The fourth-order valence-corrected chi connectivity index (χ4v) is 7.19. The molecule has 0 aromatic rings. The molecule has 8 nitrogen and oxygen atoms in total. The molecule has 0 radical (unpaired) electrons. The van der Waals surface area contributed by atoms with Gasteiger partial charge < -0.3 is 24.9 Å². The fraction of sp³-hybridized carbons (Fsp3) is 0.844. The molecule has 2 unspecified atom stereocenters. The van der Waals surface area contributed by atoms with E-state index in [1.807, 2.05) is 0 Å². The van der Waals surface area contributed by atoms with Crippen molar-refractivity contribution in [3.63, 3.8) is 0 Å². The fourth-order valence-electron chi connectivity index (χ4n) is 5.97. The maximum Gasteiger partial charge on any atom is 0.490 e. The van der Waals surface area contributed by atoms with E-state index in [9.17, 15) is 27.3 Å². The van der Waals surface area contributed by atoms with Crippen LogP contribution in [0.15, 0.2) is 24.3 Å². The van der Waals surface area contributed by atoms with Gasteiger partial charge in [0, 0.05) is 25.7 Å². The number of alkyl halides is 3. The van der Waals surface area contributed by atoms with Crippen molar-refractivity contribution in [3.8, 4) is 0 Å². The molecular weight excluding hydrogens is 756 g/mol. The third-order valence-electron chi connectivity index (χ3n) is 9.50. The number of aliphatic carboxylic acids is 1. The summed E-state index contributed by atoms with van der Waals surface area (Å²) in [5.41, 5.74) is 5.56. The summed E-state index contributed by atoms with van der Waals surface area (Å²) in [4.78, 5) is 33.9. The monoisotopic (exact) mass is 838 g/mol. The summed E-state index contributed by atoms with van der Waals surface area (Å²) in [5.74, 6) is -2.30. The van der Waals surface area contributed by atoms with Crippen molar-refractivity contribution in [3.05, 3.63) is 24.3 Å². The van der Waals surface area contributed by atoms with E-state index < -0.39 is 29.4 Å². The van der Waals surface area contributed by atoms with Gasteiger partial charge in [0.25, 0.3) is 0 Å². The molecule has 0 aliphatic carbocycles. The van der Waals surface area contributed by atoms with Gasteiger partial charge >= 0.3 is 24.1 Å². The Bertz CT molecular complexity index is 981. The Hall–Kier alpha value is -2.05. The van der Waals surface area contributed by atoms with E-state index in [1.54, 1.807) is 0 Å². The maximum absolute atomic E-state index is 12.6. The van der Waals surface area contributed by atoms with E-state index in [1.165, 1.54) is 116 Å². The summed E-state index contributed by atoms with van der Waals surface area (Å²) in [5, 5.41) is 7.12. The number of hydrogen-bond acceptors (Lipinski definition) is 7. The molecule has 0 fully saturated rings. The lowest BCUT2D eigenvalue weighted by Crippen LogP contribution is -2.28. The summed E-state index contributed by atoms with van der Waals surface area (Å²) in [6.45, 7) is 5.07. The highest BCUT2D eigenvalue weighted by molar-refractivity contribution is 7.91. The second-order valence-corrected chi connectivity index (χ2v) is 16.7. The summed E-state index contributed by atoms with van der Waals surface area (Å²) in [7, 11) is 0. The molecule has 0 spiro atoms. The van der Waals surface area contributed by atoms with E-state index in [2.05, 4.69) is 38.2 Å². The SMILES string of the molecule is CCCCCCCC/C=C\CCCCCCCC(=O)OCC(CC[S+]([O-])CCCN)OC(=O)CCCCCCC/C=C\CCCCCCCC.O=C(O)C(F)(F)F. The van der Waals surface area contributed by atoms with Gasteiger partial charge in [-0.2, -0.15) is 13.2 Å². The van der Waals surface area contributed by atoms with Crippen LogP contribution in [-0.4, -0.2) is 64.5 Å². The molecule has 0 aliphatic heterocycles. The predicted octanol–water partition coefficient (Wildman–Crippen LogP) is 12.6. The van der Waals surface area contributed by atoms with Gasteiger partial charge in [-0.15, -0.1) is 0 Å². The molecular formula is C45H82F3NO7S. The Morgan fingerprint density at radius 1 is 0.614 bits per heavy atom. The number of rotatable bonds is 39. The summed E-state index contributed by atoms with van der Waals surface area (Å²) in [6, 6.07) is 0. The number of carboxylic acids is 1. The maximum atomic E-state index is 12.6. The molecule has 0 aliphatic rings. The number of carbonyl (C=O) groups is 3. The van der Waals surface area contributed by atoms with Gasteiger partial charge in [-0.1, -0.05) is 152 Å². The van der Waals surface area contributed by atoms with Crippen molar-refractivity contribution in [2.45, 2.75) is 219 Å². The molecule has 0 aromatic heterocycles. The van der Waals surface area contributed by atoms with Crippen LogP contribution in [0.5, 0.6) is 0 Å². The van der Waals surface area contributed by atoms with Crippen LogP contribution in [0.1, 0.15) is 206 Å². The van der Waals surface area contributed by atoms with E-state index in [-0.39, 0.29) is 18.5 Å². The van der Waals surface area contributed by atoms with Crippen molar-refractivity contribution in [2.75, 3.05) is 24.7 Å². The van der Waals surface area contributed by atoms with Gasteiger partial charge in [0.05, 0.1) is 0 Å². The molecule has 0 saturated carbocycles. The number of hydrogen-bond donors (Lipinski definition) is 2. The van der Waals surface area contributed by atoms with Gasteiger partial charge in [0.15, 0.2) is 0 Å². The molecule has 336 valence electrons. The molecule has 0 rings (SSSR count). The van der Waals surface area contributed by atoms with Gasteiger partial charge in [0.2, 0.25) is 0 Å². The van der Waals surface area contributed by atoms with Crippen LogP contribution in [0.4, 0.5) is 13.2 Å². The lowest BCUT2D eigenvalue weighted by atomic mass is 10.1. The zero-order chi connectivity index (χ0) is 42.7. The number of esters is 2. The molecule has 0 aromatic carbocycles. The third-order valence-corrected chi connectivity index (χ3v) is 10.9. The zero-order valence-corrected chi connectivity index (χ0v) is 36.8. The Kier molecular flexibility index (Phi) is 43.6. The molecule has 57 heavy (non-hydrogen) atoms. The number of ether oxygens (including phenoxy) is 2. The Morgan fingerprint density at radius 3 is 1.37 bits per heavy atom. The summed E-state index contributed by atoms with van der Waals surface area (Å²) >= 11 is -1.02. The average Bonchev–Trinajstić information content (AvgIpc) is 3.17. The second-order valence-electron chi connectivity index (χ2n) is 15.0. The third kappa shape index (κ3) is 46.5. The van der Waals surface area contributed by atoms with Crippen LogP contribution in [0.3, 0.4) is 0 Å². The number of halogens is 3. The van der Waals surface area contributed by atoms with Crippen LogP contribution in [-0.2, 0) is 35.0 Å². The van der Waals surface area contributed by atoms with E-state index in [4.69, 9.17) is 25.1 Å². The van der Waals surface area contributed by atoms with E-state index in [0.29, 0.717) is 43.7 Å². The molecule has 0 heterocycles. The normalized spacial score (nSPS) is 12.8. The lowest BCUT2D eigenvalue weighted by Gasteiger charge is -2.19. The first-order chi connectivity index (χ1) is 27.5. The number of allylic oxidation sites excluding steroid dienone is 4. The minimum Gasteiger partial charge on any atom is -0.616 e. The van der Waals surface area contributed by atoms with Crippen molar-refractivity contribution in [1.29, 1.82) is 0 Å². The van der Waals surface area contributed by atoms with Crippen LogP contribution in [0.25, 0.3) is 0 Å². The largest absolute Gasteiger partial charge is 0.616 e. The molecule has 12 heteroatoms. The smallest absolute Gasteiger partial charge is 0.490 e. The van der Waals surface area contributed by atoms with Gasteiger partial charge in [-0.25, -0.2) is 4.79 Å². The Balaban J connectivity index is 0. The second kappa shape index (κ2) is 43.5. The van der Waals surface area contributed by atoms with Gasteiger partial charge in [-0.3, -0.25) is 9.59 Å². The molecule has 3 N–H and O–H groups in total. The first-order valence-corrected chi connectivity index (χ1v) is 24.0. The highest BCUT2D eigenvalue weighted by Crippen LogP contribution is 2.15. The number of nitrogens with two attached hydrogens (primary N) is 1. The standard InChI is InChI=1S/C43H81NO5S.C2HF3O2/c1-3-5-7-9-11-13-15-17-19-21-23-25-27-29-31-34-42(45)48-40-41(36-39-50(47)38-33-37-44)49-43(46)35-32-30-28-26-24-22-20-18-16-14-12-10-8-6-4-2;3-2(4,5)1(6)7/h17-20,41H,3-16,21-40,44H2,1-2H3;(H,6,7)/b19-17-,20-18-;. The molecule has 0 amide bonds. The molecule has 0 bridgehead atoms. The van der Waals surface area contributed by atoms with Crippen molar-refractivity contribution < 1.29 is 46.7 Å². The zero-order valence-electron chi connectivity index (χ0n) is 35.9. The molecule has 0 saturated heterocycles. The first kappa shape index (κ1) is 57.0. The van der Waals surface area contributed by atoms with E-state index in [0.717, 1.165) is 51.4 Å². The minimum atomic E-state index is -5.08. The highest BCUT2D eigenvalue weighted by atomic mass is 32.2. The topological polar surface area (TPSA) is 139 Å². The lowest BCUT2D eigenvalue weighted by molar-refractivity contribution is -0.192.